The Morgan fingerprint density at radius 3 is 2.37 bits per heavy atom. The molecule has 1 aromatic heterocycles. The third-order valence-corrected chi connectivity index (χ3v) is 6.93. The average molecular weight is 388 g/mol. The van der Waals surface area contributed by atoms with Crippen LogP contribution in [0.4, 0.5) is 0 Å². The van der Waals surface area contributed by atoms with Gasteiger partial charge >= 0.3 is 0 Å². The van der Waals surface area contributed by atoms with Gasteiger partial charge in [-0.15, -0.1) is 0 Å². The van der Waals surface area contributed by atoms with Crippen LogP contribution in [-0.4, -0.2) is 52.8 Å². The lowest BCUT2D eigenvalue weighted by Gasteiger charge is -2.37. The molecule has 1 amide bonds. The van der Waals surface area contributed by atoms with Crippen molar-refractivity contribution in [1.82, 2.24) is 19.4 Å². The van der Waals surface area contributed by atoms with Crippen LogP contribution in [0.2, 0.25) is 0 Å². The molecule has 2 aliphatic heterocycles. The molecule has 27 heavy (non-hydrogen) atoms. The Labute approximate surface area is 159 Å². The molecule has 3 heterocycles. The van der Waals surface area contributed by atoms with Crippen LogP contribution in [0.5, 0.6) is 0 Å². The van der Waals surface area contributed by atoms with Gasteiger partial charge in [0.1, 0.15) is 5.69 Å². The van der Waals surface area contributed by atoms with Gasteiger partial charge in [-0.25, -0.2) is 8.42 Å². The SMILES string of the molecule is Cn1nc(-c2ccccc2)cc1C(=O)NC1CC2CCC(C1)N2S(C)(=O)=O. The number of benzene rings is 1. The van der Waals surface area contributed by atoms with Crippen molar-refractivity contribution < 1.29 is 13.2 Å². The summed E-state index contributed by atoms with van der Waals surface area (Å²) in [6.45, 7) is 0. The Balaban J connectivity index is 1.47. The minimum atomic E-state index is -3.19. The van der Waals surface area contributed by atoms with E-state index in [1.165, 1.54) is 6.26 Å². The first-order valence-corrected chi connectivity index (χ1v) is 11.1. The maximum Gasteiger partial charge on any atom is 0.269 e. The number of carbonyl (C=O) groups excluding carboxylic acids is 1. The van der Waals surface area contributed by atoms with Gasteiger partial charge in [0.05, 0.1) is 11.9 Å². The third kappa shape index (κ3) is 3.51. The zero-order chi connectivity index (χ0) is 19.2. The number of nitrogens with one attached hydrogen (secondary N) is 1. The van der Waals surface area contributed by atoms with E-state index in [0.29, 0.717) is 18.5 Å². The number of nitrogens with zero attached hydrogens (tertiary/aromatic N) is 3. The molecule has 2 fully saturated rings. The number of rotatable bonds is 4. The largest absolute Gasteiger partial charge is 0.348 e. The predicted molar refractivity (Wildman–Crippen MR) is 103 cm³/mol. The van der Waals surface area contributed by atoms with Gasteiger partial charge < -0.3 is 5.32 Å². The first kappa shape index (κ1) is 18.2. The fourth-order valence-corrected chi connectivity index (χ4v) is 5.95. The van der Waals surface area contributed by atoms with Crippen LogP contribution < -0.4 is 5.32 Å². The third-order valence-electron chi connectivity index (χ3n) is 5.57. The molecule has 2 aromatic rings. The number of carbonyl (C=O) groups is 1. The highest BCUT2D eigenvalue weighted by Gasteiger charge is 2.45. The minimum absolute atomic E-state index is 0.00420. The topological polar surface area (TPSA) is 84.3 Å². The van der Waals surface area contributed by atoms with Crippen LogP contribution in [0, 0.1) is 0 Å². The Morgan fingerprint density at radius 1 is 1.15 bits per heavy atom. The van der Waals surface area contributed by atoms with Crippen LogP contribution in [0.25, 0.3) is 11.3 Å². The molecule has 0 radical (unpaired) electrons. The van der Waals surface area contributed by atoms with E-state index in [4.69, 9.17) is 0 Å². The lowest BCUT2D eigenvalue weighted by Crippen LogP contribution is -2.52. The second kappa shape index (κ2) is 6.76. The van der Waals surface area contributed by atoms with Gasteiger partial charge in [0, 0.05) is 30.7 Å². The normalized spacial score (nSPS) is 25.5. The van der Waals surface area contributed by atoms with E-state index < -0.39 is 10.0 Å². The summed E-state index contributed by atoms with van der Waals surface area (Å²) in [5.74, 6) is -0.163. The van der Waals surface area contributed by atoms with E-state index in [1.54, 1.807) is 22.1 Å². The smallest absolute Gasteiger partial charge is 0.269 e. The molecule has 2 bridgehead atoms. The number of aromatic nitrogens is 2. The van der Waals surface area contributed by atoms with Gasteiger partial charge in [-0.1, -0.05) is 30.3 Å². The molecule has 2 saturated heterocycles. The summed E-state index contributed by atoms with van der Waals surface area (Å²) >= 11 is 0. The van der Waals surface area contributed by atoms with Gasteiger partial charge in [0.25, 0.3) is 5.91 Å². The van der Waals surface area contributed by atoms with Gasteiger partial charge in [-0.05, 0) is 31.7 Å². The molecule has 2 unspecified atom stereocenters. The number of piperidine rings is 1. The molecule has 0 aliphatic carbocycles. The first-order chi connectivity index (χ1) is 12.8. The number of aryl methyl sites for hydroxylation is 1. The second-order valence-corrected chi connectivity index (χ2v) is 9.41. The Morgan fingerprint density at radius 2 is 1.78 bits per heavy atom. The highest BCUT2D eigenvalue weighted by atomic mass is 32.2. The van der Waals surface area contributed by atoms with E-state index in [9.17, 15) is 13.2 Å². The van der Waals surface area contributed by atoms with Crippen molar-refractivity contribution in [3.05, 3.63) is 42.1 Å². The number of hydrogen-bond donors (Lipinski definition) is 1. The number of amides is 1. The quantitative estimate of drug-likeness (QED) is 0.865. The number of hydrogen-bond acceptors (Lipinski definition) is 4. The van der Waals surface area contributed by atoms with Gasteiger partial charge in [-0.2, -0.15) is 9.40 Å². The van der Waals surface area contributed by atoms with Crippen molar-refractivity contribution in [2.45, 2.75) is 43.8 Å². The van der Waals surface area contributed by atoms with E-state index in [-0.39, 0.29) is 24.0 Å². The van der Waals surface area contributed by atoms with Crippen LogP contribution in [0.15, 0.2) is 36.4 Å². The van der Waals surface area contributed by atoms with Crippen LogP contribution in [0.1, 0.15) is 36.2 Å². The monoisotopic (exact) mass is 388 g/mol. The Hall–Kier alpha value is -2.19. The Kier molecular flexibility index (Phi) is 4.55. The second-order valence-electron chi connectivity index (χ2n) is 7.52. The molecular formula is C19H24N4O3S. The summed E-state index contributed by atoms with van der Waals surface area (Å²) in [7, 11) is -1.43. The Bertz CT molecular complexity index is 941. The molecular weight excluding hydrogens is 364 g/mol. The van der Waals surface area contributed by atoms with Crippen LogP contribution in [-0.2, 0) is 17.1 Å². The highest BCUT2D eigenvalue weighted by Crippen LogP contribution is 2.37. The highest BCUT2D eigenvalue weighted by molar-refractivity contribution is 7.88. The van der Waals surface area contributed by atoms with E-state index >= 15 is 0 Å². The minimum Gasteiger partial charge on any atom is -0.348 e. The van der Waals surface area contributed by atoms with Gasteiger partial charge in [0.15, 0.2) is 0 Å². The molecule has 1 N–H and O–H groups in total. The molecule has 0 spiro atoms. The maximum absolute atomic E-state index is 12.8. The fraction of sp³-hybridized carbons (Fsp3) is 0.474. The molecule has 2 aliphatic rings. The zero-order valence-corrected chi connectivity index (χ0v) is 16.3. The predicted octanol–water partition coefficient (Wildman–Crippen LogP) is 1.77. The summed E-state index contributed by atoms with van der Waals surface area (Å²) < 4.78 is 27.3. The molecule has 4 rings (SSSR count). The summed E-state index contributed by atoms with van der Waals surface area (Å²) in [6.07, 6.45) is 4.34. The lowest BCUT2D eigenvalue weighted by molar-refractivity contribution is 0.0900. The molecule has 8 heteroatoms. The first-order valence-electron chi connectivity index (χ1n) is 9.22. The van der Waals surface area contributed by atoms with E-state index in [1.807, 2.05) is 30.3 Å². The van der Waals surface area contributed by atoms with Crippen LogP contribution in [0.3, 0.4) is 0 Å². The summed E-state index contributed by atoms with van der Waals surface area (Å²) in [6, 6.07) is 11.5. The van der Waals surface area contributed by atoms with Crippen molar-refractivity contribution in [2.75, 3.05) is 6.26 Å². The maximum atomic E-state index is 12.8. The summed E-state index contributed by atoms with van der Waals surface area (Å²) in [5.41, 5.74) is 2.23. The molecule has 7 nitrogen and oxygen atoms in total. The fourth-order valence-electron chi connectivity index (χ4n) is 4.48. The average Bonchev–Trinajstić information content (AvgIpc) is 3.14. The van der Waals surface area contributed by atoms with Crippen molar-refractivity contribution in [3.63, 3.8) is 0 Å². The van der Waals surface area contributed by atoms with E-state index in [0.717, 1.165) is 24.1 Å². The van der Waals surface area contributed by atoms with Crippen molar-refractivity contribution >= 4 is 15.9 Å². The summed E-state index contributed by atoms with van der Waals surface area (Å²) in [5, 5.41) is 7.54. The summed E-state index contributed by atoms with van der Waals surface area (Å²) in [4.78, 5) is 12.8. The number of fused-ring (bicyclic) bond motifs is 2. The van der Waals surface area contributed by atoms with Crippen LogP contribution >= 0.6 is 0 Å². The number of sulfonamides is 1. The van der Waals surface area contributed by atoms with Crippen molar-refractivity contribution in [1.29, 1.82) is 0 Å². The molecule has 2 atom stereocenters. The van der Waals surface area contributed by atoms with Gasteiger partial charge in [0.2, 0.25) is 10.0 Å². The van der Waals surface area contributed by atoms with Crippen molar-refractivity contribution in [3.8, 4) is 11.3 Å². The standard InChI is InChI=1S/C19H24N4O3S/c1-22-18(12-17(21-22)13-6-4-3-5-7-13)19(24)20-14-10-15-8-9-16(11-14)23(15)27(2,25)26/h3-7,12,14-16H,8-11H2,1-2H3,(H,20,24). The van der Waals surface area contributed by atoms with E-state index in [2.05, 4.69) is 10.4 Å². The molecule has 144 valence electrons. The molecule has 0 saturated carbocycles. The van der Waals surface area contributed by atoms with Gasteiger partial charge in [-0.3, -0.25) is 9.48 Å². The zero-order valence-electron chi connectivity index (χ0n) is 15.5. The molecule has 1 aromatic carbocycles. The lowest BCUT2D eigenvalue weighted by atomic mass is 9.99. The van der Waals surface area contributed by atoms with Crippen molar-refractivity contribution in [2.24, 2.45) is 7.05 Å².